The van der Waals surface area contributed by atoms with Gasteiger partial charge in [-0.05, 0) is 19.1 Å². The lowest BCUT2D eigenvalue weighted by molar-refractivity contribution is -0.146. The molecule has 1 aliphatic rings. The van der Waals surface area contributed by atoms with Crippen LogP contribution in [0.25, 0.3) is 0 Å². The first-order valence-electron chi connectivity index (χ1n) is 6.46. The highest BCUT2D eigenvalue weighted by molar-refractivity contribution is 7.99. The first kappa shape index (κ1) is 15.5. The van der Waals surface area contributed by atoms with Crippen LogP contribution in [0.5, 0.6) is 0 Å². The summed E-state index contributed by atoms with van der Waals surface area (Å²) in [5.74, 6) is -0.745. The topological polar surface area (TPSA) is 72.2 Å². The minimum Gasteiger partial charge on any atom is -0.294 e. The van der Waals surface area contributed by atoms with Crippen LogP contribution in [0.15, 0.2) is 34.4 Å². The molecule has 2 aromatic rings. The summed E-state index contributed by atoms with van der Waals surface area (Å²) in [6.45, 7) is 1.40. The van der Waals surface area contributed by atoms with Crippen LogP contribution >= 0.6 is 11.8 Å². The summed E-state index contributed by atoms with van der Waals surface area (Å²) < 4.78 is 39.4. The highest BCUT2D eigenvalue weighted by Crippen LogP contribution is 2.31. The molecule has 0 amide bonds. The van der Waals surface area contributed by atoms with Gasteiger partial charge in [0.25, 0.3) is 5.82 Å². The third-order valence-corrected chi connectivity index (χ3v) is 3.94. The summed E-state index contributed by atoms with van der Waals surface area (Å²) in [6.07, 6.45) is -4.63. The number of hydrogen-bond donors (Lipinski definition) is 1. The average molecular weight is 341 g/mol. The molecule has 0 saturated carbocycles. The number of fused-ring (bicyclic) bond motifs is 1. The average Bonchev–Trinajstić information content (AvgIpc) is 2.90. The highest BCUT2D eigenvalue weighted by atomic mass is 32.2. The molecule has 0 saturated heterocycles. The smallest absolute Gasteiger partial charge is 0.294 e. The Labute approximate surface area is 132 Å². The number of hydrogen-bond acceptors (Lipinski definition) is 5. The van der Waals surface area contributed by atoms with Gasteiger partial charge < -0.3 is 0 Å². The quantitative estimate of drug-likeness (QED) is 0.851. The van der Waals surface area contributed by atoms with Crippen molar-refractivity contribution < 1.29 is 18.0 Å². The Kier molecular flexibility index (Phi) is 3.84. The summed E-state index contributed by atoms with van der Waals surface area (Å²) in [6, 6.07) is 6.64. The monoisotopic (exact) mass is 341 g/mol. The number of aliphatic imine (C=N–C) groups is 1. The van der Waals surface area contributed by atoms with E-state index in [1.54, 1.807) is 24.3 Å². The lowest BCUT2D eigenvalue weighted by Crippen LogP contribution is -2.33. The van der Waals surface area contributed by atoms with Gasteiger partial charge in [0.05, 0.1) is 11.4 Å². The number of nitrogens with one attached hydrogen (secondary N) is 1. The fourth-order valence-corrected chi connectivity index (χ4v) is 2.77. The lowest BCUT2D eigenvalue weighted by Gasteiger charge is -2.19. The van der Waals surface area contributed by atoms with Crippen LogP contribution in [0.4, 0.5) is 18.9 Å². The molecule has 10 heteroatoms. The molecule has 6 nitrogen and oxygen atoms in total. The van der Waals surface area contributed by atoms with Crippen LogP contribution in [0.1, 0.15) is 23.1 Å². The van der Waals surface area contributed by atoms with Gasteiger partial charge >= 0.3 is 6.18 Å². The maximum Gasteiger partial charge on any atom is 0.453 e. The molecule has 1 aliphatic heterocycles. The summed E-state index contributed by atoms with van der Waals surface area (Å²) in [5, 5.41) is 6.75. The number of para-hydroxylation sites is 1. The van der Waals surface area contributed by atoms with Crippen LogP contribution in [0.3, 0.4) is 0 Å². The Bertz CT molecular complexity index is 799. The van der Waals surface area contributed by atoms with E-state index in [1.807, 2.05) is 0 Å². The summed E-state index contributed by atoms with van der Waals surface area (Å²) >= 11 is 1.08. The van der Waals surface area contributed by atoms with E-state index in [0.29, 0.717) is 17.0 Å². The second kappa shape index (κ2) is 5.69. The zero-order valence-electron chi connectivity index (χ0n) is 11.8. The van der Waals surface area contributed by atoms with Crippen LogP contribution in [0, 0.1) is 0 Å². The van der Waals surface area contributed by atoms with Crippen molar-refractivity contribution in [1.82, 2.24) is 14.9 Å². The number of carbonyl (C=O) groups excluding carboxylic acids is 1. The molecule has 3 rings (SSSR count). The fourth-order valence-electron chi connectivity index (χ4n) is 2.01. The molecule has 0 bridgehead atoms. The lowest BCUT2D eigenvalue weighted by atomic mass is 10.1. The predicted molar refractivity (Wildman–Crippen MR) is 78.7 cm³/mol. The van der Waals surface area contributed by atoms with Crippen LogP contribution in [-0.4, -0.2) is 32.2 Å². The number of amidine groups is 1. The number of thioether (sulfide) groups is 1. The fraction of sp³-hybridized carbons (Fsp3) is 0.231. The van der Waals surface area contributed by atoms with Gasteiger partial charge in [-0.3, -0.25) is 10.2 Å². The molecule has 0 spiro atoms. The first-order chi connectivity index (χ1) is 10.9. The molecule has 0 unspecified atom stereocenters. The Morgan fingerprint density at radius 1 is 1.35 bits per heavy atom. The molecule has 23 heavy (non-hydrogen) atoms. The van der Waals surface area contributed by atoms with Gasteiger partial charge in [-0.2, -0.15) is 13.2 Å². The third kappa shape index (κ3) is 3.07. The number of nitrogens with zero attached hydrogens (tertiary/aromatic N) is 4. The molecule has 2 heterocycles. The van der Waals surface area contributed by atoms with Crippen molar-refractivity contribution in [3.05, 3.63) is 35.7 Å². The Hall–Kier alpha value is -2.36. The predicted octanol–water partition coefficient (Wildman–Crippen LogP) is 2.88. The number of Topliss-reactive ketones (excluding diaryl/α,β-unsaturated/α-hetero) is 1. The Morgan fingerprint density at radius 2 is 2.09 bits per heavy atom. The maximum atomic E-state index is 12.9. The molecule has 0 radical (unpaired) electrons. The maximum absolute atomic E-state index is 12.9. The summed E-state index contributed by atoms with van der Waals surface area (Å²) in [5.41, 5.74) is 3.35. The molecule has 120 valence electrons. The van der Waals surface area contributed by atoms with Crippen molar-refractivity contribution in [2.24, 2.45) is 4.99 Å². The number of halogens is 3. The van der Waals surface area contributed by atoms with E-state index in [2.05, 4.69) is 20.6 Å². The standard InChI is InChI=1S/C13H10F3N5OS/c1-7(22)8-4-2-3-5-9(8)17-10-6-23-12-19-18-11(13(14,15)16)21(12)20-10/h2-5H,6H2,1H3,(H,17,20). The van der Waals surface area contributed by atoms with Crippen LogP contribution in [0.2, 0.25) is 0 Å². The Balaban J connectivity index is 1.96. The van der Waals surface area contributed by atoms with Crippen molar-refractivity contribution >= 4 is 29.1 Å². The molecule has 0 aliphatic carbocycles. The zero-order valence-corrected chi connectivity index (χ0v) is 12.6. The molecular weight excluding hydrogens is 331 g/mol. The Morgan fingerprint density at radius 3 is 2.78 bits per heavy atom. The number of ketones is 1. The van der Waals surface area contributed by atoms with E-state index < -0.39 is 12.0 Å². The molecule has 1 N–H and O–H groups in total. The van der Waals surface area contributed by atoms with Gasteiger partial charge in [-0.15, -0.1) is 10.2 Å². The van der Waals surface area contributed by atoms with E-state index in [4.69, 9.17) is 0 Å². The van der Waals surface area contributed by atoms with Crippen LogP contribution < -0.4 is 5.43 Å². The first-order valence-corrected chi connectivity index (χ1v) is 7.45. The van der Waals surface area contributed by atoms with E-state index >= 15 is 0 Å². The van der Waals surface area contributed by atoms with E-state index in [-0.39, 0.29) is 16.8 Å². The minimum absolute atomic E-state index is 0.108. The van der Waals surface area contributed by atoms with Gasteiger partial charge in [-0.25, -0.2) is 9.67 Å². The highest BCUT2D eigenvalue weighted by Gasteiger charge is 2.40. The second-order valence-electron chi connectivity index (χ2n) is 4.67. The SMILES string of the molecule is CC(=O)c1ccccc1N=C1CSc2nnc(C(F)(F)F)n2N1. The van der Waals surface area contributed by atoms with Crippen molar-refractivity contribution in [3.63, 3.8) is 0 Å². The van der Waals surface area contributed by atoms with Gasteiger partial charge in [0.15, 0.2) is 5.78 Å². The van der Waals surface area contributed by atoms with Crippen molar-refractivity contribution in [2.75, 3.05) is 11.2 Å². The molecule has 1 aromatic heterocycles. The number of rotatable bonds is 2. The zero-order chi connectivity index (χ0) is 16.6. The summed E-state index contributed by atoms with van der Waals surface area (Å²) in [7, 11) is 0. The molecule has 1 aromatic carbocycles. The third-order valence-electron chi connectivity index (χ3n) is 3.00. The van der Waals surface area contributed by atoms with Crippen molar-refractivity contribution in [2.45, 2.75) is 18.3 Å². The minimum atomic E-state index is -4.63. The number of alkyl halides is 3. The number of carbonyl (C=O) groups is 1. The van der Waals surface area contributed by atoms with Gasteiger partial charge in [0.1, 0.15) is 5.84 Å². The van der Waals surface area contributed by atoms with Crippen LogP contribution in [-0.2, 0) is 6.18 Å². The van der Waals surface area contributed by atoms with Gasteiger partial charge in [0, 0.05) is 5.56 Å². The molecule has 0 fully saturated rings. The molecule has 0 atom stereocenters. The number of benzene rings is 1. The number of aromatic nitrogens is 3. The van der Waals surface area contributed by atoms with E-state index in [0.717, 1.165) is 16.4 Å². The van der Waals surface area contributed by atoms with Gasteiger partial charge in [0.2, 0.25) is 5.16 Å². The normalized spacial score (nSPS) is 16.1. The second-order valence-corrected chi connectivity index (χ2v) is 5.61. The van der Waals surface area contributed by atoms with E-state index in [1.165, 1.54) is 6.92 Å². The van der Waals surface area contributed by atoms with Crippen molar-refractivity contribution in [3.8, 4) is 0 Å². The van der Waals surface area contributed by atoms with Crippen molar-refractivity contribution in [1.29, 1.82) is 0 Å². The molecular formula is C13H10F3N5OS. The summed E-state index contributed by atoms with van der Waals surface area (Å²) in [4.78, 5) is 15.8. The van der Waals surface area contributed by atoms with E-state index in [9.17, 15) is 18.0 Å². The van der Waals surface area contributed by atoms with Gasteiger partial charge in [-0.1, -0.05) is 23.9 Å². The largest absolute Gasteiger partial charge is 0.453 e.